The molecule has 2 aromatic rings. The van der Waals surface area contributed by atoms with E-state index in [9.17, 15) is 4.79 Å². The van der Waals surface area contributed by atoms with Gasteiger partial charge in [-0.2, -0.15) is 5.10 Å². The fourth-order valence-electron chi connectivity index (χ4n) is 2.77. The van der Waals surface area contributed by atoms with Crippen molar-refractivity contribution in [3.8, 4) is 11.3 Å². The average molecular weight is 363 g/mol. The molecule has 1 aliphatic rings. The van der Waals surface area contributed by atoms with Gasteiger partial charge in [0, 0.05) is 29.2 Å². The first-order chi connectivity index (χ1) is 10.7. The van der Waals surface area contributed by atoms with Crippen LogP contribution in [0.3, 0.4) is 0 Å². The molecular weight excluding hydrogens is 344 g/mol. The van der Waals surface area contributed by atoms with Crippen LogP contribution in [0.4, 0.5) is 0 Å². The summed E-state index contributed by atoms with van der Waals surface area (Å²) in [5.41, 5.74) is 2.33. The molecule has 6 heteroatoms. The zero-order chi connectivity index (χ0) is 15.5. The lowest BCUT2D eigenvalue weighted by molar-refractivity contribution is 0.0692. The molecule has 1 amide bonds. The van der Waals surface area contributed by atoms with Gasteiger partial charge in [-0.15, -0.1) is 0 Å². The summed E-state index contributed by atoms with van der Waals surface area (Å²) in [5, 5.41) is 10.4. The van der Waals surface area contributed by atoms with Crippen molar-refractivity contribution in [2.75, 3.05) is 20.1 Å². The number of amides is 1. The summed E-state index contributed by atoms with van der Waals surface area (Å²) in [7, 11) is 1.94. The first-order valence-electron chi connectivity index (χ1n) is 7.45. The van der Waals surface area contributed by atoms with Crippen molar-refractivity contribution in [3.05, 3.63) is 40.5 Å². The average Bonchev–Trinajstić information content (AvgIpc) is 3.05. The van der Waals surface area contributed by atoms with Crippen LogP contribution in [0.15, 0.2) is 34.8 Å². The molecule has 116 valence electrons. The van der Waals surface area contributed by atoms with Crippen molar-refractivity contribution in [2.24, 2.45) is 0 Å². The van der Waals surface area contributed by atoms with Crippen molar-refractivity contribution in [1.82, 2.24) is 20.4 Å². The third-order valence-electron chi connectivity index (χ3n) is 4.07. The molecule has 0 aliphatic carbocycles. The minimum Gasteiger partial charge on any atom is -0.336 e. The lowest BCUT2D eigenvalue weighted by atomic mass is 10.1. The lowest BCUT2D eigenvalue weighted by Gasteiger charge is -2.32. The maximum absolute atomic E-state index is 12.6. The third kappa shape index (κ3) is 3.23. The Kier molecular flexibility index (Phi) is 4.59. The molecule has 1 aliphatic heterocycles. The highest BCUT2D eigenvalue weighted by molar-refractivity contribution is 9.10. The molecule has 5 nitrogen and oxygen atoms in total. The molecule has 1 fully saturated rings. The smallest absolute Gasteiger partial charge is 0.271 e. The number of H-pyrrole nitrogens is 1. The molecule has 1 aromatic carbocycles. The summed E-state index contributed by atoms with van der Waals surface area (Å²) in [5.74, 6) is 0.0239. The number of aromatic amines is 1. The number of halogens is 1. The lowest BCUT2D eigenvalue weighted by Crippen LogP contribution is -2.47. The Balaban J connectivity index is 1.75. The number of rotatable bonds is 3. The number of nitrogens with zero attached hydrogens (tertiary/aromatic N) is 2. The highest BCUT2D eigenvalue weighted by Crippen LogP contribution is 2.21. The molecule has 0 bridgehead atoms. The van der Waals surface area contributed by atoms with Gasteiger partial charge in [-0.25, -0.2) is 0 Å². The van der Waals surface area contributed by atoms with Gasteiger partial charge >= 0.3 is 0 Å². The number of benzene rings is 1. The van der Waals surface area contributed by atoms with E-state index in [2.05, 4.69) is 31.4 Å². The van der Waals surface area contributed by atoms with Gasteiger partial charge in [0.25, 0.3) is 5.91 Å². The second-order valence-corrected chi connectivity index (χ2v) is 6.47. The molecule has 2 N–H and O–H groups in total. The van der Waals surface area contributed by atoms with E-state index < -0.39 is 0 Å². The summed E-state index contributed by atoms with van der Waals surface area (Å²) < 4.78 is 1.02. The van der Waals surface area contributed by atoms with Crippen LogP contribution in [-0.4, -0.2) is 47.2 Å². The van der Waals surface area contributed by atoms with Gasteiger partial charge < -0.3 is 10.2 Å². The summed E-state index contributed by atoms with van der Waals surface area (Å²) in [4.78, 5) is 14.5. The molecule has 2 heterocycles. The quantitative estimate of drug-likeness (QED) is 0.882. The van der Waals surface area contributed by atoms with Gasteiger partial charge in [0.05, 0.1) is 5.69 Å². The van der Waals surface area contributed by atoms with Gasteiger partial charge in [0.15, 0.2) is 0 Å². The number of carbonyl (C=O) groups is 1. The Labute approximate surface area is 138 Å². The molecule has 0 spiro atoms. The van der Waals surface area contributed by atoms with Gasteiger partial charge in [-0.3, -0.25) is 9.89 Å². The minimum atomic E-state index is 0.0239. The van der Waals surface area contributed by atoms with Crippen LogP contribution >= 0.6 is 15.9 Å². The van der Waals surface area contributed by atoms with E-state index in [1.54, 1.807) is 0 Å². The highest BCUT2D eigenvalue weighted by Gasteiger charge is 2.24. The standard InChI is InChI=1S/C16H19BrN4O/c1-18-13-3-2-8-21(10-13)16(22)15-9-14(19-20-15)11-4-6-12(17)7-5-11/h4-7,9,13,18H,2-3,8,10H2,1H3,(H,19,20). The molecular formula is C16H19BrN4O. The van der Waals surface area contributed by atoms with E-state index in [0.717, 1.165) is 41.7 Å². The molecule has 22 heavy (non-hydrogen) atoms. The van der Waals surface area contributed by atoms with Gasteiger partial charge in [-0.05, 0) is 38.1 Å². The van der Waals surface area contributed by atoms with Crippen molar-refractivity contribution >= 4 is 21.8 Å². The molecule has 0 saturated carbocycles. The summed E-state index contributed by atoms with van der Waals surface area (Å²) in [6, 6.07) is 10.1. The Morgan fingerprint density at radius 2 is 2.18 bits per heavy atom. The van der Waals surface area contributed by atoms with E-state index in [4.69, 9.17) is 0 Å². The van der Waals surface area contributed by atoms with E-state index in [0.29, 0.717) is 11.7 Å². The minimum absolute atomic E-state index is 0.0239. The number of hydrogen-bond donors (Lipinski definition) is 2. The number of nitrogens with one attached hydrogen (secondary N) is 2. The van der Waals surface area contributed by atoms with E-state index >= 15 is 0 Å². The fraction of sp³-hybridized carbons (Fsp3) is 0.375. The topological polar surface area (TPSA) is 61.0 Å². The number of likely N-dealkylation sites (N-methyl/N-ethyl adjacent to an activating group) is 1. The molecule has 0 radical (unpaired) electrons. The normalized spacial score (nSPS) is 18.5. The second kappa shape index (κ2) is 6.62. The number of piperidine rings is 1. The van der Waals surface area contributed by atoms with Crippen LogP contribution in [0.2, 0.25) is 0 Å². The van der Waals surface area contributed by atoms with Crippen LogP contribution in [0.5, 0.6) is 0 Å². The van der Waals surface area contributed by atoms with Gasteiger partial charge in [0.2, 0.25) is 0 Å². The molecule has 1 atom stereocenters. The number of hydrogen-bond acceptors (Lipinski definition) is 3. The second-order valence-electron chi connectivity index (χ2n) is 5.55. The first kappa shape index (κ1) is 15.2. The highest BCUT2D eigenvalue weighted by atomic mass is 79.9. The van der Waals surface area contributed by atoms with Crippen molar-refractivity contribution in [2.45, 2.75) is 18.9 Å². The number of carbonyl (C=O) groups excluding carboxylic acids is 1. The summed E-state index contributed by atoms with van der Waals surface area (Å²) >= 11 is 3.42. The Morgan fingerprint density at radius 3 is 2.91 bits per heavy atom. The van der Waals surface area contributed by atoms with E-state index in [-0.39, 0.29) is 5.91 Å². The maximum atomic E-state index is 12.6. The Bertz CT molecular complexity index is 652. The first-order valence-corrected chi connectivity index (χ1v) is 8.24. The number of likely N-dealkylation sites (tertiary alicyclic amines) is 1. The van der Waals surface area contributed by atoms with Gasteiger partial charge in [-0.1, -0.05) is 28.1 Å². The predicted molar refractivity (Wildman–Crippen MR) is 89.7 cm³/mol. The third-order valence-corrected chi connectivity index (χ3v) is 4.59. The van der Waals surface area contributed by atoms with E-state index in [1.165, 1.54) is 0 Å². The van der Waals surface area contributed by atoms with Crippen LogP contribution in [0.1, 0.15) is 23.3 Å². The summed E-state index contributed by atoms with van der Waals surface area (Å²) in [6.07, 6.45) is 2.15. The van der Waals surface area contributed by atoms with Crippen LogP contribution in [-0.2, 0) is 0 Å². The zero-order valence-electron chi connectivity index (χ0n) is 12.5. The van der Waals surface area contributed by atoms with Crippen molar-refractivity contribution in [3.63, 3.8) is 0 Å². The fourth-order valence-corrected chi connectivity index (χ4v) is 3.03. The van der Waals surface area contributed by atoms with Crippen LogP contribution in [0, 0.1) is 0 Å². The monoisotopic (exact) mass is 362 g/mol. The Morgan fingerprint density at radius 1 is 1.41 bits per heavy atom. The maximum Gasteiger partial charge on any atom is 0.271 e. The Hall–Kier alpha value is -1.66. The molecule has 1 aromatic heterocycles. The van der Waals surface area contributed by atoms with Crippen molar-refractivity contribution < 1.29 is 4.79 Å². The van der Waals surface area contributed by atoms with Crippen LogP contribution in [0.25, 0.3) is 11.3 Å². The largest absolute Gasteiger partial charge is 0.336 e. The predicted octanol–water partition coefficient (Wildman–Crippen LogP) is 2.66. The summed E-state index contributed by atoms with van der Waals surface area (Å²) in [6.45, 7) is 1.56. The van der Waals surface area contributed by atoms with Gasteiger partial charge in [0.1, 0.15) is 5.69 Å². The van der Waals surface area contributed by atoms with E-state index in [1.807, 2.05) is 42.3 Å². The van der Waals surface area contributed by atoms with Crippen LogP contribution < -0.4 is 5.32 Å². The SMILES string of the molecule is CNC1CCCN(C(=O)c2cc(-c3ccc(Br)cc3)n[nH]2)C1. The zero-order valence-corrected chi connectivity index (χ0v) is 14.1. The number of aromatic nitrogens is 2. The molecule has 3 rings (SSSR count). The van der Waals surface area contributed by atoms with Crippen molar-refractivity contribution in [1.29, 1.82) is 0 Å². The molecule has 1 saturated heterocycles. The molecule has 1 unspecified atom stereocenters.